The predicted molar refractivity (Wildman–Crippen MR) is 64.5 cm³/mol. The van der Waals surface area contributed by atoms with E-state index in [-0.39, 0.29) is 0 Å². The Morgan fingerprint density at radius 3 is 2.93 bits per heavy atom. The molecule has 0 bridgehead atoms. The molecule has 1 aromatic heterocycles. The van der Waals surface area contributed by atoms with Crippen molar-refractivity contribution >= 4 is 55.2 Å². The van der Waals surface area contributed by atoms with Crippen molar-refractivity contribution in [1.82, 2.24) is 0 Å². The Labute approximate surface area is 98.8 Å². The van der Waals surface area contributed by atoms with E-state index in [0.717, 1.165) is 26.4 Å². The molecular formula is C10H6BrClOS. The van der Waals surface area contributed by atoms with Crippen molar-refractivity contribution in [2.75, 3.05) is 0 Å². The van der Waals surface area contributed by atoms with Gasteiger partial charge in [0, 0.05) is 31.4 Å². The van der Waals surface area contributed by atoms with Gasteiger partial charge in [0.2, 0.25) is 0 Å². The third kappa shape index (κ3) is 1.60. The summed E-state index contributed by atoms with van der Waals surface area (Å²) in [5, 5.41) is 3.05. The van der Waals surface area contributed by atoms with Crippen molar-refractivity contribution in [2.24, 2.45) is 0 Å². The zero-order valence-electron chi connectivity index (χ0n) is 7.09. The number of carbonyl (C=O) groups excluding carboxylic acids is 1. The van der Waals surface area contributed by atoms with Crippen LogP contribution in [0, 0.1) is 0 Å². The summed E-state index contributed by atoms with van der Waals surface area (Å²) in [6, 6.07) is 3.85. The third-order valence-electron chi connectivity index (χ3n) is 2.00. The van der Waals surface area contributed by atoms with Gasteiger partial charge in [-0.2, -0.15) is 0 Å². The number of fused-ring (bicyclic) bond motifs is 1. The van der Waals surface area contributed by atoms with E-state index >= 15 is 0 Å². The quantitative estimate of drug-likeness (QED) is 0.598. The van der Waals surface area contributed by atoms with Gasteiger partial charge in [-0.3, -0.25) is 4.79 Å². The summed E-state index contributed by atoms with van der Waals surface area (Å²) >= 11 is 10.8. The molecule has 0 N–H and O–H groups in total. The van der Waals surface area contributed by atoms with E-state index in [1.165, 1.54) is 0 Å². The van der Waals surface area contributed by atoms with E-state index in [4.69, 9.17) is 11.6 Å². The van der Waals surface area contributed by atoms with Crippen molar-refractivity contribution < 1.29 is 4.79 Å². The van der Waals surface area contributed by atoms with Crippen LogP contribution in [-0.2, 0) is 5.88 Å². The van der Waals surface area contributed by atoms with Crippen molar-refractivity contribution in [3.8, 4) is 0 Å². The first-order chi connectivity index (χ1) is 6.76. The molecule has 0 aliphatic rings. The Bertz CT molecular complexity index is 492. The second-order valence-electron chi connectivity index (χ2n) is 2.90. The third-order valence-corrected chi connectivity index (χ3v) is 4.31. The summed E-state index contributed by atoms with van der Waals surface area (Å²) in [6.07, 6.45) is 0.876. The predicted octanol–water partition coefficient (Wildman–Crippen LogP) is 4.22. The fraction of sp³-hybridized carbons (Fsp3) is 0.100. The molecule has 0 saturated heterocycles. The summed E-state index contributed by atoms with van der Waals surface area (Å²) in [7, 11) is 0. The molecule has 1 aromatic carbocycles. The van der Waals surface area contributed by atoms with Crippen molar-refractivity contribution in [3.05, 3.63) is 33.1 Å². The first kappa shape index (κ1) is 10.1. The molecule has 4 heteroatoms. The molecular weight excluding hydrogens is 284 g/mol. The van der Waals surface area contributed by atoms with E-state index in [9.17, 15) is 4.79 Å². The number of hydrogen-bond donors (Lipinski definition) is 0. The Morgan fingerprint density at radius 1 is 1.50 bits per heavy atom. The lowest BCUT2D eigenvalue weighted by Gasteiger charge is -1.99. The highest BCUT2D eigenvalue weighted by Gasteiger charge is 2.07. The van der Waals surface area contributed by atoms with Crippen molar-refractivity contribution in [1.29, 1.82) is 0 Å². The van der Waals surface area contributed by atoms with Gasteiger partial charge in [0.15, 0.2) is 6.29 Å². The topological polar surface area (TPSA) is 17.1 Å². The molecule has 0 unspecified atom stereocenters. The number of hydrogen-bond acceptors (Lipinski definition) is 2. The SMILES string of the molecule is O=Cc1cc(CCl)cc2c(Br)csc12. The molecule has 0 radical (unpaired) electrons. The molecule has 0 atom stereocenters. The molecule has 0 aliphatic heterocycles. The largest absolute Gasteiger partial charge is 0.298 e. The molecule has 2 rings (SSSR count). The van der Waals surface area contributed by atoms with Crippen LogP contribution in [0.1, 0.15) is 15.9 Å². The van der Waals surface area contributed by atoms with Gasteiger partial charge in [0.05, 0.1) is 0 Å². The normalized spacial score (nSPS) is 10.7. The van der Waals surface area contributed by atoms with Gasteiger partial charge in [-0.25, -0.2) is 0 Å². The molecule has 72 valence electrons. The summed E-state index contributed by atoms with van der Waals surface area (Å²) < 4.78 is 2.04. The minimum absolute atomic E-state index is 0.430. The fourth-order valence-electron chi connectivity index (χ4n) is 1.36. The number of carbonyl (C=O) groups is 1. The van der Waals surface area contributed by atoms with Crippen LogP contribution in [0.5, 0.6) is 0 Å². The summed E-state index contributed by atoms with van der Waals surface area (Å²) in [5.74, 6) is 0.430. The maximum absolute atomic E-state index is 10.8. The Hall–Kier alpha value is -0.380. The van der Waals surface area contributed by atoms with Crippen LogP contribution in [0.3, 0.4) is 0 Å². The highest BCUT2D eigenvalue weighted by molar-refractivity contribution is 9.10. The van der Waals surface area contributed by atoms with E-state index in [0.29, 0.717) is 11.4 Å². The van der Waals surface area contributed by atoms with Crippen LogP contribution >= 0.6 is 38.9 Å². The van der Waals surface area contributed by atoms with Gasteiger partial charge in [-0.05, 0) is 33.6 Å². The number of aldehydes is 1. The molecule has 1 heterocycles. The minimum atomic E-state index is 0.430. The minimum Gasteiger partial charge on any atom is -0.298 e. The zero-order chi connectivity index (χ0) is 10.1. The lowest BCUT2D eigenvalue weighted by molar-refractivity contribution is 0.112. The molecule has 0 saturated carbocycles. The molecule has 0 spiro atoms. The summed E-state index contributed by atoms with van der Waals surface area (Å²) in [6.45, 7) is 0. The average molecular weight is 290 g/mol. The molecule has 14 heavy (non-hydrogen) atoms. The van der Waals surface area contributed by atoms with Gasteiger partial charge in [-0.1, -0.05) is 0 Å². The second kappa shape index (κ2) is 4.01. The van der Waals surface area contributed by atoms with Crippen molar-refractivity contribution in [3.63, 3.8) is 0 Å². The van der Waals surface area contributed by atoms with E-state index in [1.807, 2.05) is 17.5 Å². The maximum Gasteiger partial charge on any atom is 0.151 e. The van der Waals surface area contributed by atoms with Crippen LogP contribution in [0.15, 0.2) is 22.0 Å². The molecule has 0 fully saturated rings. The molecule has 0 amide bonds. The van der Waals surface area contributed by atoms with Gasteiger partial charge >= 0.3 is 0 Å². The van der Waals surface area contributed by atoms with Gasteiger partial charge in [0.25, 0.3) is 0 Å². The number of thiophene rings is 1. The van der Waals surface area contributed by atoms with Crippen molar-refractivity contribution in [2.45, 2.75) is 5.88 Å². The van der Waals surface area contributed by atoms with Crippen LogP contribution < -0.4 is 0 Å². The number of benzene rings is 1. The average Bonchev–Trinajstić information content (AvgIpc) is 2.59. The van der Waals surface area contributed by atoms with Gasteiger partial charge in [0.1, 0.15) is 0 Å². The van der Waals surface area contributed by atoms with E-state index < -0.39 is 0 Å². The highest BCUT2D eigenvalue weighted by Crippen LogP contribution is 2.33. The van der Waals surface area contributed by atoms with E-state index in [1.54, 1.807) is 11.3 Å². The van der Waals surface area contributed by atoms with Gasteiger partial charge < -0.3 is 0 Å². The molecule has 2 aromatic rings. The van der Waals surface area contributed by atoms with Crippen LogP contribution in [-0.4, -0.2) is 6.29 Å². The second-order valence-corrected chi connectivity index (χ2v) is 4.90. The van der Waals surface area contributed by atoms with Crippen LogP contribution in [0.4, 0.5) is 0 Å². The summed E-state index contributed by atoms with van der Waals surface area (Å²) in [4.78, 5) is 10.8. The monoisotopic (exact) mass is 288 g/mol. The standard InChI is InChI=1S/C10H6BrClOS/c11-9-5-14-10-7(4-13)1-6(3-12)2-8(9)10/h1-2,4-5H,3H2. The number of halogens is 2. The van der Waals surface area contributed by atoms with Gasteiger partial charge in [-0.15, -0.1) is 22.9 Å². The summed E-state index contributed by atoms with van der Waals surface area (Å²) in [5.41, 5.74) is 1.69. The zero-order valence-corrected chi connectivity index (χ0v) is 10.2. The fourth-order valence-corrected chi connectivity index (χ4v) is 3.13. The highest BCUT2D eigenvalue weighted by atomic mass is 79.9. The number of alkyl halides is 1. The smallest absolute Gasteiger partial charge is 0.151 e. The van der Waals surface area contributed by atoms with Crippen LogP contribution in [0.2, 0.25) is 0 Å². The van der Waals surface area contributed by atoms with E-state index in [2.05, 4.69) is 15.9 Å². The first-order valence-electron chi connectivity index (χ1n) is 3.97. The first-order valence-corrected chi connectivity index (χ1v) is 6.17. The molecule has 0 aliphatic carbocycles. The Balaban J connectivity index is 2.82. The Morgan fingerprint density at radius 2 is 2.29 bits per heavy atom. The molecule has 1 nitrogen and oxygen atoms in total. The van der Waals surface area contributed by atoms with Crippen LogP contribution in [0.25, 0.3) is 10.1 Å². The lowest BCUT2D eigenvalue weighted by atomic mass is 10.1. The number of rotatable bonds is 2. The Kier molecular flexibility index (Phi) is 2.91. The maximum atomic E-state index is 10.8. The lowest BCUT2D eigenvalue weighted by Crippen LogP contribution is -1.84.